The number of carboxylic acids is 1. The predicted octanol–water partition coefficient (Wildman–Crippen LogP) is 1.90. The molecule has 0 saturated carbocycles. The van der Waals surface area contributed by atoms with E-state index in [-0.39, 0.29) is 6.42 Å². The molecule has 0 amide bonds. The van der Waals surface area contributed by atoms with E-state index in [0.29, 0.717) is 5.02 Å². The Morgan fingerprint density at radius 3 is 2.86 bits per heavy atom. The van der Waals surface area contributed by atoms with Gasteiger partial charge in [0.1, 0.15) is 6.04 Å². The zero-order valence-corrected chi connectivity index (χ0v) is 10.1. The third kappa shape index (κ3) is 3.11. The van der Waals surface area contributed by atoms with E-state index in [1.165, 1.54) is 0 Å². The smallest absolute Gasteiger partial charge is 0.320 e. The van der Waals surface area contributed by atoms with Gasteiger partial charge >= 0.3 is 5.97 Å². The molecule has 0 aliphatic rings. The summed E-state index contributed by atoms with van der Waals surface area (Å²) in [5.41, 5.74) is 6.18. The van der Waals surface area contributed by atoms with Gasteiger partial charge in [-0.05, 0) is 52.8 Å². The molecule has 0 aliphatic carbocycles. The third-order valence-electron chi connectivity index (χ3n) is 1.76. The molecule has 1 rings (SSSR count). The van der Waals surface area contributed by atoms with Crippen LogP contribution in [-0.4, -0.2) is 17.1 Å². The average Bonchev–Trinajstić information content (AvgIpc) is 2.11. The van der Waals surface area contributed by atoms with Crippen LogP contribution in [0.1, 0.15) is 5.56 Å². The summed E-state index contributed by atoms with van der Waals surface area (Å²) in [6.45, 7) is 0. The monoisotopic (exact) mass is 325 g/mol. The molecule has 3 N–H and O–H groups in total. The lowest BCUT2D eigenvalue weighted by Gasteiger charge is -2.08. The first-order chi connectivity index (χ1) is 6.50. The Morgan fingerprint density at radius 2 is 2.29 bits per heavy atom. The Labute approximate surface area is 100 Å². The molecule has 76 valence electrons. The Morgan fingerprint density at radius 1 is 1.64 bits per heavy atom. The van der Waals surface area contributed by atoms with Gasteiger partial charge in [-0.1, -0.05) is 11.6 Å². The van der Waals surface area contributed by atoms with E-state index < -0.39 is 12.0 Å². The van der Waals surface area contributed by atoms with E-state index in [1.54, 1.807) is 6.07 Å². The van der Waals surface area contributed by atoms with Crippen LogP contribution in [-0.2, 0) is 11.2 Å². The summed E-state index contributed by atoms with van der Waals surface area (Å²) in [5, 5.41) is 9.19. The van der Waals surface area contributed by atoms with E-state index in [2.05, 4.69) is 22.6 Å². The maximum atomic E-state index is 10.5. The van der Waals surface area contributed by atoms with Crippen molar-refractivity contribution in [3.63, 3.8) is 0 Å². The minimum absolute atomic E-state index is 0.255. The van der Waals surface area contributed by atoms with Crippen LogP contribution in [0.3, 0.4) is 0 Å². The van der Waals surface area contributed by atoms with Crippen LogP contribution in [0.15, 0.2) is 18.2 Å². The van der Waals surface area contributed by atoms with E-state index in [4.69, 9.17) is 22.4 Å². The predicted molar refractivity (Wildman–Crippen MR) is 63.5 cm³/mol. The molecule has 0 saturated heterocycles. The molecule has 1 aromatic rings. The van der Waals surface area contributed by atoms with Crippen LogP contribution >= 0.6 is 34.2 Å². The van der Waals surface area contributed by atoms with Gasteiger partial charge in [0.15, 0.2) is 0 Å². The van der Waals surface area contributed by atoms with Crippen LogP contribution in [0, 0.1) is 3.57 Å². The zero-order valence-electron chi connectivity index (χ0n) is 7.21. The molecule has 0 fully saturated rings. The van der Waals surface area contributed by atoms with Crippen molar-refractivity contribution in [1.29, 1.82) is 0 Å². The van der Waals surface area contributed by atoms with Crippen LogP contribution in [0.25, 0.3) is 0 Å². The normalized spacial score (nSPS) is 12.5. The summed E-state index contributed by atoms with van der Waals surface area (Å²) < 4.78 is 1.01. The van der Waals surface area contributed by atoms with Crippen molar-refractivity contribution >= 4 is 40.2 Å². The summed E-state index contributed by atoms with van der Waals surface area (Å²) in [6, 6.07) is 4.54. The Hall–Kier alpha value is -0.330. The van der Waals surface area contributed by atoms with E-state index in [9.17, 15) is 4.79 Å². The third-order valence-corrected chi connectivity index (χ3v) is 2.80. The Balaban J connectivity index is 2.85. The van der Waals surface area contributed by atoms with Gasteiger partial charge in [-0.15, -0.1) is 0 Å². The summed E-state index contributed by atoms with van der Waals surface area (Å²) in [4.78, 5) is 10.5. The van der Waals surface area contributed by atoms with Crippen molar-refractivity contribution in [2.24, 2.45) is 5.73 Å². The summed E-state index contributed by atoms with van der Waals surface area (Å²) in [5.74, 6) is -1.01. The number of rotatable bonds is 3. The van der Waals surface area contributed by atoms with Gasteiger partial charge in [-0.25, -0.2) is 0 Å². The van der Waals surface area contributed by atoms with E-state index >= 15 is 0 Å². The van der Waals surface area contributed by atoms with Crippen LogP contribution < -0.4 is 5.73 Å². The lowest BCUT2D eigenvalue weighted by Crippen LogP contribution is -2.32. The second-order valence-electron chi connectivity index (χ2n) is 2.88. The van der Waals surface area contributed by atoms with Gasteiger partial charge in [0.25, 0.3) is 0 Å². The highest BCUT2D eigenvalue weighted by molar-refractivity contribution is 14.1. The number of halogens is 2. The summed E-state index contributed by atoms with van der Waals surface area (Å²) in [7, 11) is 0. The molecule has 1 unspecified atom stereocenters. The maximum absolute atomic E-state index is 10.5. The molecule has 0 aliphatic heterocycles. The fourth-order valence-corrected chi connectivity index (χ4v) is 1.77. The Bertz CT molecular complexity index is 357. The Kier molecular flexibility index (Phi) is 4.15. The lowest BCUT2D eigenvalue weighted by molar-refractivity contribution is -0.138. The number of hydrogen-bond donors (Lipinski definition) is 2. The van der Waals surface area contributed by atoms with Crippen LogP contribution in [0.2, 0.25) is 5.02 Å². The lowest BCUT2D eigenvalue weighted by atomic mass is 10.1. The quantitative estimate of drug-likeness (QED) is 0.834. The highest BCUT2D eigenvalue weighted by atomic mass is 127. The largest absolute Gasteiger partial charge is 0.480 e. The second kappa shape index (κ2) is 4.95. The molecular formula is C9H9ClINO2. The molecular weight excluding hydrogens is 316 g/mol. The SMILES string of the molecule is NC(Cc1cc(I)ccc1Cl)C(=O)O. The van der Waals surface area contributed by atoms with E-state index in [0.717, 1.165) is 9.13 Å². The van der Waals surface area contributed by atoms with Crippen LogP contribution in [0.4, 0.5) is 0 Å². The molecule has 1 atom stereocenters. The van der Waals surface area contributed by atoms with E-state index in [1.807, 2.05) is 12.1 Å². The molecule has 0 spiro atoms. The molecule has 3 nitrogen and oxygen atoms in total. The summed E-state index contributed by atoms with van der Waals surface area (Å²) in [6.07, 6.45) is 0.255. The van der Waals surface area contributed by atoms with Crippen molar-refractivity contribution in [2.45, 2.75) is 12.5 Å². The maximum Gasteiger partial charge on any atom is 0.320 e. The molecule has 0 bridgehead atoms. The van der Waals surface area contributed by atoms with Crippen molar-refractivity contribution in [3.8, 4) is 0 Å². The highest BCUT2D eigenvalue weighted by Crippen LogP contribution is 2.19. The highest BCUT2D eigenvalue weighted by Gasteiger charge is 2.13. The topological polar surface area (TPSA) is 63.3 Å². The minimum atomic E-state index is -1.01. The van der Waals surface area contributed by atoms with Gasteiger partial charge in [0, 0.05) is 8.59 Å². The van der Waals surface area contributed by atoms with Crippen molar-refractivity contribution in [2.75, 3.05) is 0 Å². The minimum Gasteiger partial charge on any atom is -0.480 e. The fraction of sp³-hybridized carbons (Fsp3) is 0.222. The summed E-state index contributed by atoms with van der Waals surface area (Å²) >= 11 is 8.03. The van der Waals surface area contributed by atoms with Gasteiger partial charge in [-0.3, -0.25) is 4.79 Å². The van der Waals surface area contributed by atoms with Crippen molar-refractivity contribution in [3.05, 3.63) is 32.4 Å². The second-order valence-corrected chi connectivity index (χ2v) is 4.54. The number of aliphatic carboxylic acids is 1. The number of hydrogen-bond acceptors (Lipinski definition) is 2. The standard InChI is InChI=1S/C9H9ClINO2/c10-7-2-1-6(11)3-5(7)4-8(12)9(13)14/h1-3,8H,4,12H2,(H,13,14). The number of carboxylic acid groups (broad SMARTS) is 1. The first-order valence-corrected chi connectivity index (χ1v) is 5.38. The van der Waals surface area contributed by atoms with Crippen molar-refractivity contribution < 1.29 is 9.90 Å². The first-order valence-electron chi connectivity index (χ1n) is 3.93. The van der Waals surface area contributed by atoms with Gasteiger partial charge in [0.05, 0.1) is 0 Å². The molecule has 0 aromatic heterocycles. The molecule has 0 heterocycles. The number of benzene rings is 1. The fourth-order valence-electron chi connectivity index (χ4n) is 1.02. The van der Waals surface area contributed by atoms with Crippen molar-refractivity contribution in [1.82, 2.24) is 0 Å². The molecule has 1 aromatic carbocycles. The molecule has 0 radical (unpaired) electrons. The van der Waals surface area contributed by atoms with Gasteiger partial charge in [-0.2, -0.15) is 0 Å². The van der Waals surface area contributed by atoms with Gasteiger partial charge < -0.3 is 10.8 Å². The first kappa shape index (κ1) is 11.7. The average molecular weight is 326 g/mol. The van der Waals surface area contributed by atoms with Crippen LogP contribution in [0.5, 0.6) is 0 Å². The number of carbonyl (C=O) groups is 1. The molecule has 14 heavy (non-hydrogen) atoms. The molecule has 5 heteroatoms. The zero-order chi connectivity index (χ0) is 10.7. The number of nitrogens with two attached hydrogens (primary N) is 1. The van der Waals surface area contributed by atoms with Gasteiger partial charge in [0.2, 0.25) is 0 Å².